The quantitative estimate of drug-likeness (QED) is 0.688. The Kier molecular flexibility index (Phi) is 4.65. The Hall–Kier alpha value is -3.02. The van der Waals surface area contributed by atoms with Crippen molar-refractivity contribution in [1.29, 1.82) is 0 Å². The van der Waals surface area contributed by atoms with Crippen molar-refractivity contribution in [1.82, 2.24) is 15.0 Å². The van der Waals surface area contributed by atoms with E-state index in [1.54, 1.807) is 6.07 Å². The third kappa shape index (κ3) is 4.04. The molecule has 0 radical (unpaired) electrons. The zero-order valence-corrected chi connectivity index (χ0v) is 13.5. The van der Waals surface area contributed by atoms with Gasteiger partial charge in [0.25, 0.3) is 0 Å². The Balaban J connectivity index is 1.96. The van der Waals surface area contributed by atoms with Gasteiger partial charge in [-0.05, 0) is 26.0 Å². The summed E-state index contributed by atoms with van der Waals surface area (Å²) in [5.74, 6) is 1.42. The summed E-state index contributed by atoms with van der Waals surface area (Å²) in [5, 5.41) is 6.42. The van der Waals surface area contributed by atoms with Crippen molar-refractivity contribution in [3.05, 3.63) is 60.7 Å². The van der Waals surface area contributed by atoms with Crippen LogP contribution in [0.3, 0.4) is 0 Å². The molecule has 0 atom stereocenters. The van der Waals surface area contributed by atoms with E-state index in [9.17, 15) is 4.39 Å². The molecule has 2 aromatic heterocycles. The summed E-state index contributed by atoms with van der Waals surface area (Å²) in [6, 6.07) is 14.7. The Morgan fingerprint density at radius 2 is 1.71 bits per heavy atom. The molecule has 1 aromatic carbocycles. The normalized spacial score (nSPS) is 10.7. The summed E-state index contributed by atoms with van der Waals surface area (Å²) in [6.45, 7) is 4.09. The summed E-state index contributed by atoms with van der Waals surface area (Å²) >= 11 is 0. The average Bonchev–Trinajstić information content (AvgIpc) is 2.57. The molecule has 0 amide bonds. The van der Waals surface area contributed by atoms with Gasteiger partial charge in [-0.2, -0.15) is 4.39 Å². The van der Waals surface area contributed by atoms with Crippen LogP contribution in [-0.2, 0) is 0 Å². The molecule has 0 bridgehead atoms. The summed E-state index contributed by atoms with van der Waals surface area (Å²) in [5.41, 5.74) is 1.58. The van der Waals surface area contributed by atoms with Gasteiger partial charge in [0.05, 0.1) is 11.9 Å². The Labute approximate surface area is 140 Å². The lowest BCUT2D eigenvalue weighted by Crippen LogP contribution is -2.12. The average molecular weight is 323 g/mol. The minimum Gasteiger partial charge on any atom is -0.368 e. The maximum Gasteiger partial charge on any atom is 0.212 e. The van der Waals surface area contributed by atoms with Gasteiger partial charge in [0.1, 0.15) is 11.6 Å². The smallest absolute Gasteiger partial charge is 0.212 e. The van der Waals surface area contributed by atoms with Gasteiger partial charge in [0.15, 0.2) is 5.82 Å². The first-order valence-corrected chi connectivity index (χ1v) is 7.70. The summed E-state index contributed by atoms with van der Waals surface area (Å²) < 4.78 is 12.9. The van der Waals surface area contributed by atoms with E-state index >= 15 is 0 Å². The van der Waals surface area contributed by atoms with Crippen LogP contribution < -0.4 is 10.6 Å². The van der Waals surface area contributed by atoms with Crippen LogP contribution in [0.15, 0.2) is 54.7 Å². The summed E-state index contributed by atoms with van der Waals surface area (Å²) in [4.78, 5) is 12.7. The topological polar surface area (TPSA) is 62.7 Å². The highest BCUT2D eigenvalue weighted by Crippen LogP contribution is 2.22. The minimum absolute atomic E-state index is 0.240. The molecule has 2 N–H and O–H groups in total. The second-order valence-electron chi connectivity index (χ2n) is 5.62. The van der Waals surface area contributed by atoms with Gasteiger partial charge in [-0.1, -0.05) is 30.3 Å². The van der Waals surface area contributed by atoms with Gasteiger partial charge in [-0.15, -0.1) is 0 Å². The molecular formula is C18H18FN5. The fourth-order valence-corrected chi connectivity index (χ4v) is 2.19. The number of rotatable bonds is 5. The molecule has 3 rings (SSSR count). The van der Waals surface area contributed by atoms with Crippen LogP contribution in [0, 0.1) is 5.95 Å². The van der Waals surface area contributed by atoms with Crippen LogP contribution in [0.4, 0.5) is 21.7 Å². The highest BCUT2D eigenvalue weighted by molar-refractivity contribution is 5.64. The van der Waals surface area contributed by atoms with Crippen molar-refractivity contribution in [3.8, 4) is 11.4 Å². The number of nitrogens with zero attached hydrogens (tertiary/aromatic N) is 3. The lowest BCUT2D eigenvalue weighted by atomic mass is 10.2. The molecule has 0 aliphatic rings. The number of aromatic nitrogens is 3. The fourth-order valence-electron chi connectivity index (χ4n) is 2.19. The molecule has 2 heterocycles. The van der Waals surface area contributed by atoms with E-state index in [2.05, 4.69) is 25.6 Å². The molecule has 24 heavy (non-hydrogen) atoms. The van der Waals surface area contributed by atoms with Crippen molar-refractivity contribution < 1.29 is 4.39 Å². The Morgan fingerprint density at radius 1 is 0.958 bits per heavy atom. The third-order valence-corrected chi connectivity index (χ3v) is 3.19. The van der Waals surface area contributed by atoms with Gasteiger partial charge in [-0.3, -0.25) is 0 Å². The molecular weight excluding hydrogens is 305 g/mol. The maximum atomic E-state index is 12.9. The lowest BCUT2D eigenvalue weighted by Gasteiger charge is -2.13. The van der Waals surface area contributed by atoms with E-state index in [4.69, 9.17) is 0 Å². The molecule has 0 aliphatic carbocycles. The van der Waals surface area contributed by atoms with Crippen molar-refractivity contribution >= 4 is 17.3 Å². The van der Waals surface area contributed by atoms with Crippen molar-refractivity contribution in [3.63, 3.8) is 0 Å². The van der Waals surface area contributed by atoms with E-state index in [1.807, 2.05) is 50.2 Å². The second kappa shape index (κ2) is 7.04. The van der Waals surface area contributed by atoms with Gasteiger partial charge in [0, 0.05) is 17.7 Å². The number of pyridine rings is 1. The molecule has 5 nitrogen and oxygen atoms in total. The highest BCUT2D eigenvalue weighted by atomic mass is 19.1. The molecule has 122 valence electrons. The Bertz CT molecular complexity index is 803. The summed E-state index contributed by atoms with van der Waals surface area (Å²) in [6.07, 6.45) is 1.43. The predicted octanol–water partition coefficient (Wildman–Crippen LogP) is 4.24. The van der Waals surface area contributed by atoms with Crippen LogP contribution in [0.25, 0.3) is 11.4 Å². The van der Waals surface area contributed by atoms with E-state index in [0.717, 1.165) is 11.4 Å². The molecule has 0 unspecified atom stereocenters. The van der Waals surface area contributed by atoms with Gasteiger partial charge < -0.3 is 10.6 Å². The summed E-state index contributed by atoms with van der Waals surface area (Å²) in [7, 11) is 0. The first kappa shape index (κ1) is 15.9. The molecule has 3 aromatic rings. The zero-order chi connectivity index (χ0) is 16.9. The fraction of sp³-hybridized carbons (Fsp3) is 0.167. The predicted molar refractivity (Wildman–Crippen MR) is 93.7 cm³/mol. The molecule has 0 saturated carbocycles. The lowest BCUT2D eigenvalue weighted by molar-refractivity contribution is 0.584. The molecule has 0 spiro atoms. The molecule has 6 heteroatoms. The zero-order valence-electron chi connectivity index (χ0n) is 13.5. The highest BCUT2D eigenvalue weighted by Gasteiger charge is 2.08. The largest absolute Gasteiger partial charge is 0.368 e. The first-order valence-electron chi connectivity index (χ1n) is 7.70. The minimum atomic E-state index is -0.518. The molecule has 0 aliphatic heterocycles. The van der Waals surface area contributed by atoms with E-state index in [1.165, 1.54) is 12.3 Å². The third-order valence-electron chi connectivity index (χ3n) is 3.19. The number of nitrogens with one attached hydrogen (secondary N) is 2. The van der Waals surface area contributed by atoms with Crippen molar-refractivity contribution in [2.24, 2.45) is 0 Å². The van der Waals surface area contributed by atoms with E-state index in [-0.39, 0.29) is 6.04 Å². The number of halogens is 1. The maximum absolute atomic E-state index is 12.9. The van der Waals surface area contributed by atoms with Crippen LogP contribution in [0.1, 0.15) is 13.8 Å². The van der Waals surface area contributed by atoms with Crippen molar-refractivity contribution in [2.75, 3.05) is 10.6 Å². The van der Waals surface area contributed by atoms with Crippen molar-refractivity contribution in [2.45, 2.75) is 19.9 Å². The SMILES string of the molecule is CC(C)Nc1cc(Nc2ccc(F)nc2)nc(-c2ccccc2)n1. The van der Waals surface area contributed by atoms with Gasteiger partial charge in [-0.25, -0.2) is 15.0 Å². The number of hydrogen-bond donors (Lipinski definition) is 2. The standard InChI is InChI=1S/C18H18FN5/c1-12(2)21-16-10-17(22-14-8-9-15(19)20-11-14)24-18(23-16)13-6-4-3-5-7-13/h3-12H,1-2H3,(H2,21,22,23,24). The first-order chi connectivity index (χ1) is 11.6. The van der Waals surface area contributed by atoms with Crippen LogP contribution >= 0.6 is 0 Å². The van der Waals surface area contributed by atoms with Gasteiger partial charge in [0.2, 0.25) is 5.95 Å². The number of anilines is 3. The molecule has 0 saturated heterocycles. The van der Waals surface area contributed by atoms with Crippen LogP contribution in [-0.4, -0.2) is 21.0 Å². The van der Waals surface area contributed by atoms with E-state index in [0.29, 0.717) is 17.3 Å². The van der Waals surface area contributed by atoms with E-state index < -0.39 is 5.95 Å². The van der Waals surface area contributed by atoms with Crippen LogP contribution in [0.5, 0.6) is 0 Å². The number of hydrogen-bond acceptors (Lipinski definition) is 5. The van der Waals surface area contributed by atoms with Crippen LogP contribution in [0.2, 0.25) is 0 Å². The van der Waals surface area contributed by atoms with Gasteiger partial charge >= 0.3 is 0 Å². The molecule has 0 fully saturated rings. The monoisotopic (exact) mass is 323 g/mol. The Morgan fingerprint density at radius 3 is 2.38 bits per heavy atom. The number of benzene rings is 1. The second-order valence-corrected chi connectivity index (χ2v) is 5.62.